The molecule has 3 aromatic rings. The number of morpholine rings is 1. The number of carbonyl (C=O) groups is 1. The first kappa shape index (κ1) is 17.8. The van der Waals surface area contributed by atoms with E-state index in [4.69, 9.17) is 9.72 Å². The van der Waals surface area contributed by atoms with Gasteiger partial charge in [-0.05, 0) is 23.6 Å². The standard InChI is InChI=1S/C18H15N3O4S2/c22-16(14-2-1-11-26-14)17-15(12-3-5-13(6-4-12)21(23)24)19-18(27-17)20-7-9-25-10-8-20/h1-6,11H,7-10H2. The Labute approximate surface area is 163 Å². The number of hydrogen-bond donors (Lipinski definition) is 0. The third-order valence-electron chi connectivity index (χ3n) is 4.20. The summed E-state index contributed by atoms with van der Waals surface area (Å²) in [5.74, 6) is -0.0737. The molecule has 2 aromatic heterocycles. The molecular weight excluding hydrogens is 386 g/mol. The third-order valence-corrected chi connectivity index (χ3v) is 6.18. The number of hydrogen-bond acceptors (Lipinski definition) is 8. The van der Waals surface area contributed by atoms with Crippen LogP contribution in [0.4, 0.5) is 10.8 Å². The molecule has 0 amide bonds. The van der Waals surface area contributed by atoms with Crippen molar-refractivity contribution in [2.24, 2.45) is 0 Å². The summed E-state index contributed by atoms with van der Waals surface area (Å²) in [5.41, 5.74) is 1.26. The smallest absolute Gasteiger partial charge is 0.269 e. The Morgan fingerprint density at radius 2 is 1.93 bits per heavy atom. The summed E-state index contributed by atoms with van der Waals surface area (Å²) >= 11 is 2.75. The van der Waals surface area contributed by atoms with Crippen molar-refractivity contribution in [1.29, 1.82) is 0 Å². The maximum Gasteiger partial charge on any atom is 0.269 e. The number of benzene rings is 1. The van der Waals surface area contributed by atoms with E-state index in [2.05, 4.69) is 4.90 Å². The lowest BCUT2D eigenvalue weighted by Crippen LogP contribution is -2.36. The van der Waals surface area contributed by atoms with Crippen LogP contribution in [-0.2, 0) is 4.74 Å². The first-order chi connectivity index (χ1) is 13.1. The van der Waals surface area contributed by atoms with E-state index in [0.29, 0.717) is 34.2 Å². The van der Waals surface area contributed by atoms with Crippen LogP contribution in [0.25, 0.3) is 11.3 Å². The Hall–Kier alpha value is -2.62. The van der Waals surface area contributed by atoms with Crippen molar-refractivity contribution in [1.82, 2.24) is 4.98 Å². The summed E-state index contributed by atoms with van der Waals surface area (Å²) in [4.78, 5) is 31.5. The van der Waals surface area contributed by atoms with Crippen molar-refractivity contribution in [3.8, 4) is 11.3 Å². The first-order valence-electron chi connectivity index (χ1n) is 8.30. The van der Waals surface area contributed by atoms with E-state index in [-0.39, 0.29) is 11.5 Å². The lowest BCUT2D eigenvalue weighted by Gasteiger charge is -2.26. The molecule has 3 heterocycles. The molecule has 0 aliphatic carbocycles. The van der Waals surface area contributed by atoms with Crippen molar-refractivity contribution in [3.05, 3.63) is 61.6 Å². The van der Waals surface area contributed by atoms with Gasteiger partial charge in [0.25, 0.3) is 5.69 Å². The minimum atomic E-state index is -0.443. The molecule has 1 aromatic carbocycles. The van der Waals surface area contributed by atoms with E-state index in [9.17, 15) is 14.9 Å². The average Bonchev–Trinajstić information content (AvgIpc) is 3.38. The van der Waals surface area contributed by atoms with Gasteiger partial charge in [-0.15, -0.1) is 11.3 Å². The Balaban J connectivity index is 1.76. The number of rotatable bonds is 5. The van der Waals surface area contributed by atoms with Crippen LogP contribution in [0.3, 0.4) is 0 Å². The summed E-state index contributed by atoms with van der Waals surface area (Å²) in [5, 5.41) is 13.5. The van der Waals surface area contributed by atoms with Gasteiger partial charge in [0.1, 0.15) is 4.88 Å². The molecule has 7 nitrogen and oxygen atoms in total. The molecule has 0 bridgehead atoms. The van der Waals surface area contributed by atoms with Crippen molar-refractivity contribution in [2.45, 2.75) is 0 Å². The quantitative estimate of drug-likeness (QED) is 0.367. The molecule has 1 saturated heterocycles. The average molecular weight is 401 g/mol. The molecule has 138 valence electrons. The second kappa shape index (κ2) is 7.55. The third kappa shape index (κ3) is 3.61. The van der Waals surface area contributed by atoms with Crippen LogP contribution in [0.5, 0.6) is 0 Å². The summed E-state index contributed by atoms with van der Waals surface area (Å²) in [6.07, 6.45) is 0. The van der Waals surface area contributed by atoms with Crippen molar-refractivity contribution in [2.75, 3.05) is 31.2 Å². The predicted octanol–water partition coefficient (Wildman–Crippen LogP) is 3.85. The number of ketones is 1. The van der Waals surface area contributed by atoms with Gasteiger partial charge in [-0.1, -0.05) is 17.4 Å². The Morgan fingerprint density at radius 1 is 1.19 bits per heavy atom. The van der Waals surface area contributed by atoms with E-state index in [1.165, 1.54) is 34.8 Å². The Kier molecular flexibility index (Phi) is 4.97. The second-order valence-electron chi connectivity index (χ2n) is 5.88. The highest BCUT2D eigenvalue weighted by Crippen LogP contribution is 2.36. The number of anilines is 1. The summed E-state index contributed by atoms with van der Waals surface area (Å²) in [6, 6.07) is 9.78. The maximum atomic E-state index is 13.0. The zero-order chi connectivity index (χ0) is 18.8. The van der Waals surface area contributed by atoms with Gasteiger partial charge in [0, 0.05) is 30.8 Å². The van der Waals surface area contributed by atoms with Crippen molar-refractivity contribution >= 4 is 39.3 Å². The molecule has 0 radical (unpaired) electrons. The number of nitrogens with zero attached hydrogens (tertiary/aromatic N) is 3. The maximum absolute atomic E-state index is 13.0. The lowest BCUT2D eigenvalue weighted by atomic mass is 10.1. The van der Waals surface area contributed by atoms with Crippen molar-refractivity contribution in [3.63, 3.8) is 0 Å². The molecule has 0 spiro atoms. The molecule has 27 heavy (non-hydrogen) atoms. The zero-order valence-electron chi connectivity index (χ0n) is 14.2. The van der Waals surface area contributed by atoms with E-state index < -0.39 is 4.92 Å². The SMILES string of the molecule is O=C(c1cccs1)c1sc(N2CCOCC2)nc1-c1ccc([N+](=O)[O-])cc1. The Morgan fingerprint density at radius 3 is 2.56 bits per heavy atom. The summed E-state index contributed by atoms with van der Waals surface area (Å²) in [6.45, 7) is 2.70. The van der Waals surface area contributed by atoms with Gasteiger partial charge >= 0.3 is 0 Å². The van der Waals surface area contributed by atoms with E-state index >= 15 is 0 Å². The predicted molar refractivity (Wildman–Crippen MR) is 105 cm³/mol. The van der Waals surface area contributed by atoms with E-state index in [1.807, 2.05) is 11.4 Å². The molecule has 0 N–H and O–H groups in total. The number of nitro groups is 1. The fourth-order valence-corrected chi connectivity index (χ4v) is 4.64. The molecule has 9 heteroatoms. The Bertz CT molecular complexity index is 961. The van der Waals surface area contributed by atoms with Gasteiger partial charge in [0.15, 0.2) is 5.13 Å². The van der Waals surface area contributed by atoms with E-state index in [1.54, 1.807) is 18.2 Å². The largest absolute Gasteiger partial charge is 0.378 e. The molecule has 1 aliphatic rings. The number of aromatic nitrogens is 1. The highest BCUT2D eigenvalue weighted by Gasteiger charge is 2.25. The summed E-state index contributed by atoms with van der Waals surface area (Å²) in [7, 11) is 0. The minimum absolute atomic E-state index is 0.00788. The fraction of sp³-hybridized carbons (Fsp3) is 0.222. The molecular formula is C18H15N3O4S2. The number of thiazole rings is 1. The molecule has 1 aliphatic heterocycles. The molecule has 1 fully saturated rings. The van der Waals surface area contributed by atoms with Crippen LogP contribution in [0.15, 0.2) is 41.8 Å². The molecule has 0 saturated carbocycles. The van der Waals surface area contributed by atoms with Crippen LogP contribution in [0.2, 0.25) is 0 Å². The molecule has 0 unspecified atom stereocenters. The van der Waals surface area contributed by atoms with Gasteiger partial charge in [0.2, 0.25) is 5.78 Å². The lowest BCUT2D eigenvalue weighted by molar-refractivity contribution is -0.384. The van der Waals surface area contributed by atoms with Crippen LogP contribution >= 0.6 is 22.7 Å². The minimum Gasteiger partial charge on any atom is -0.378 e. The van der Waals surface area contributed by atoms with Gasteiger partial charge in [-0.3, -0.25) is 14.9 Å². The fourth-order valence-electron chi connectivity index (χ4n) is 2.81. The van der Waals surface area contributed by atoms with Gasteiger partial charge in [0.05, 0.1) is 28.7 Å². The van der Waals surface area contributed by atoms with Crippen LogP contribution < -0.4 is 4.90 Å². The number of non-ortho nitro benzene ring substituents is 1. The van der Waals surface area contributed by atoms with Crippen LogP contribution in [0.1, 0.15) is 14.5 Å². The van der Waals surface area contributed by atoms with E-state index in [0.717, 1.165) is 18.2 Å². The van der Waals surface area contributed by atoms with Crippen LogP contribution in [-0.4, -0.2) is 42.0 Å². The topological polar surface area (TPSA) is 85.6 Å². The van der Waals surface area contributed by atoms with Crippen molar-refractivity contribution < 1.29 is 14.5 Å². The highest BCUT2D eigenvalue weighted by molar-refractivity contribution is 7.19. The highest BCUT2D eigenvalue weighted by atomic mass is 32.1. The monoisotopic (exact) mass is 401 g/mol. The molecule has 0 atom stereocenters. The zero-order valence-corrected chi connectivity index (χ0v) is 15.8. The van der Waals surface area contributed by atoms with Gasteiger partial charge in [-0.2, -0.15) is 0 Å². The number of ether oxygens (including phenoxy) is 1. The van der Waals surface area contributed by atoms with Gasteiger partial charge < -0.3 is 9.64 Å². The second-order valence-corrected chi connectivity index (χ2v) is 7.81. The number of nitro benzene ring substituents is 1. The first-order valence-corrected chi connectivity index (χ1v) is 9.99. The number of carbonyl (C=O) groups excluding carboxylic acids is 1. The molecule has 4 rings (SSSR count). The number of thiophene rings is 1. The van der Waals surface area contributed by atoms with Crippen LogP contribution in [0, 0.1) is 10.1 Å². The normalized spacial score (nSPS) is 14.3. The van der Waals surface area contributed by atoms with Gasteiger partial charge in [-0.25, -0.2) is 4.98 Å². The summed E-state index contributed by atoms with van der Waals surface area (Å²) < 4.78 is 5.39.